The maximum Gasteiger partial charge on any atom is 0.341 e. The summed E-state index contributed by atoms with van der Waals surface area (Å²) in [5, 5.41) is 9.01. The molecule has 3 atom stereocenters. The van der Waals surface area contributed by atoms with Crippen LogP contribution in [-0.2, 0) is 0 Å². The van der Waals surface area contributed by atoms with Crippen LogP contribution in [-0.4, -0.2) is 60.3 Å². The van der Waals surface area contributed by atoms with E-state index in [0.29, 0.717) is 0 Å². The molecule has 1 aromatic heterocycles. The molecule has 9 heteroatoms. The van der Waals surface area contributed by atoms with Gasteiger partial charge in [-0.2, -0.15) is 0 Å². The minimum atomic E-state index is -2.65. The number of likely N-dealkylation sites (N-methyl/N-ethyl adjacent to an activating group) is 1. The number of pyridine rings is 1. The molecule has 2 aliphatic heterocycles. The number of hydrogen-bond acceptors (Lipinski definition) is 5. The number of carbonyl (C=O) groups is 1. The van der Waals surface area contributed by atoms with Gasteiger partial charge >= 0.3 is 5.97 Å². The Morgan fingerprint density at radius 3 is 2.96 bits per heavy atom. The van der Waals surface area contributed by atoms with E-state index < -0.39 is 67.7 Å². The monoisotopic (exact) mass is 405 g/mol. The Morgan fingerprint density at radius 1 is 1.44 bits per heavy atom. The van der Waals surface area contributed by atoms with Crippen molar-refractivity contribution in [3.63, 3.8) is 0 Å². The highest BCUT2D eigenvalue weighted by Gasteiger charge is 2.30. The molecule has 146 valence electrons. The number of hydrogen-bond donors (Lipinski definition) is 1. The highest BCUT2D eigenvalue weighted by atomic mass is 35.5. The van der Waals surface area contributed by atoms with E-state index >= 15 is 4.39 Å². The van der Waals surface area contributed by atoms with E-state index in [2.05, 4.69) is 0 Å². The molecule has 0 radical (unpaired) electrons. The highest BCUT2D eigenvalue weighted by molar-refractivity contribution is 5.97. The third kappa shape index (κ3) is 3.02. The minimum Gasteiger partial charge on any atom is -0.487 e. The van der Waals surface area contributed by atoms with E-state index in [-0.39, 0.29) is 42.5 Å². The SMILES string of the molecule is Cl.[2H]C1C([2H])N(C([2H])([2H])[2H])CCN1c1c(F)cc2c(=O)c(C(=O)O)cn3c2c1OCC3C([2H])([2H])[2H]. The number of carboxylic acids is 1. The topological polar surface area (TPSA) is 75.0 Å². The predicted octanol–water partition coefficient (Wildman–Crippen LogP) is 1.97. The maximum absolute atomic E-state index is 15.4. The van der Waals surface area contributed by atoms with Crippen molar-refractivity contribution in [1.29, 1.82) is 0 Å². The summed E-state index contributed by atoms with van der Waals surface area (Å²) in [5.74, 6) is -2.93. The minimum absolute atomic E-state index is 0. The second-order valence-corrected chi connectivity index (χ2v) is 6.03. The van der Waals surface area contributed by atoms with Crippen LogP contribution in [0.15, 0.2) is 17.1 Å². The molecule has 0 aliphatic carbocycles. The summed E-state index contributed by atoms with van der Waals surface area (Å²) in [5.41, 5.74) is -2.24. The van der Waals surface area contributed by atoms with Crippen LogP contribution in [0.2, 0.25) is 0 Å². The largest absolute Gasteiger partial charge is 0.487 e. The molecule has 1 N–H and O–H groups in total. The summed E-state index contributed by atoms with van der Waals surface area (Å²) in [6.07, 6.45) is 0.885. The number of halogens is 2. The second-order valence-electron chi connectivity index (χ2n) is 6.03. The Kier molecular flexibility index (Phi) is 2.99. The molecule has 1 saturated heterocycles. The molecule has 0 bridgehead atoms. The molecule has 27 heavy (non-hydrogen) atoms. The van der Waals surface area contributed by atoms with Crippen molar-refractivity contribution >= 4 is 35.0 Å². The lowest BCUT2D eigenvalue weighted by Crippen LogP contribution is -2.45. The van der Waals surface area contributed by atoms with Crippen LogP contribution in [0.25, 0.3) is 10.9 Å². The Morgan fingerprint density at radius 2 is 2.26 bits per heavy atom. The molecule has 1 aromatic carbocycles. The van der Waals surface area contributed by atoms with Crippen LogP contribution < -0.4 is 15.1 Å². The Balaban J connectivity index is 0.00000342. The van der Waals surface area contributed by atoms with Crippen LogP contribution in [0.5, 0.6) is 5.75 Å². The van der Waals surface area contributed by atoms with E-state index in [0.717, 1.165) is 26.6 Å². The van der Waals surface area contributed by atoms with Crippen molar-refractivity contribution < 1.29 is 30.0 Å². The Labute approximate surface area is 172 Å². The molecule has 0 amide bonds. The van der Waals surface area contributed by atoms with Gasteiger partial charge in [0.25, 0.3) is 0 Å². The van der Waals surface area contributed by atoms with Crippen LogP contribution in [0, 0.1) is 5.82 Å². The smallest absolute Gasteiger partial charge is 0.341 e. The standard InChI is InChI=1S/C18H20FN3O4.ClH/c1-10-9-26-17-14-11(16(23)12(18(24)25)8-22(10)14)7-13(19)15(17)21-5-3-20(2)4-6-21;/h7-8,10H,3-6,9H2,1-2H3,(H,24,25);1H/i1D3,2D3,3D,5D;. The summed E-state index contributed by atoms with van der Waals surface area (Å²) in [7, 11) is 0. The molecule has 1 fully saturated rings. The molecule has 4 rings (SSSR count). The molecule has 3 heterocycles. The lowest BCUT2D eigenvalue weighted by atomic mass is 10.1. The van der Waals surface area contributed by atoms with Crippen molar-refractivity contribution in [3.05, 3.63) is 33.9 Å². The van der Waals surface area contributed by atoms with Crippen LogP contribution in [0.1, 0.15) is 34.2 Å². The summed E-state index contributed by atoms with van der Waals surface area (Å²) in [6.45, 7) is -9.27. The number of ether oxygens (including phenoxy) is 1. The average molecular weight is 406 g/mol. The maximum atomic E-state index is 15.4. The lowest BCUT2D eigenvalue weighted by Gasteiger charge is -2.37. The van der Waals surface area contributed by atoms with Crippen molar-refractivity contribution in [2.45, 2.75) is 12.9 Å². The fraction of sp³-hybridized carbons (Fsp3) is 0.444. The molecule has 2 aliphatic rings. The van der Waals surface area contributed by atoms with Crippen molar-refractivity contribution in [2.24, 2.45) is 0 Å². The molecule has 3 unspecified atom stereocenters. The number of carboxylic acid groups (broad SMARTS) is 1. The first kappa shape index (κ1) is 11.5. The number of piperazine rings is 1. The number of anilines is 1. The zero-order chi connectivity index (χ0) is 25.3. The first-order valence-electron chi connectivity index (χ1n) is 12.0. The number of benzene rings is 1. The average Bonchev–Trinajstić information content (AvgIpc) is 2.70. The fourth-order valence-electron chi connectivity index (χ4n) is 3.20. The summed E-state index contributed by atoms with van der Waals surface area (Å²) in [4.78, 5) is 26.3. The van der Waals surface area contributed by atoms with Gasteiger partial charge < -0.3 is 24.2 Å². The third-order valence-electron chi connectivity index (χ3n) is 4.45. The van der Waals surface area contributed by atoms with Gasteiger partial charge in [-0.25, -0.2) is 9.18 Å². The van der Waals surface area contributed by atoms with Gasteiger partial charge in [0.05, 0.1) is 18.3 Å². The molecule has 7 nitrogen and oxygen atoms in total. The summed E-state index contributed by atoms with van der Waals surface area (Å²) in [6, 6.07) is -0.616. The van der Waals surface area contributed by atoms with Gasteiger partial charge in [-0.3, -0.25) is 4.79 Å². The van der Waals surface area contributed by atoms with E-state index in [1.807, 2.05) is 0 Å². The summed E-state index contributed by atoms with van der Waals surface area (Å²) >= 11 is 0. The van der Waals surface area contributed by atoms with Crippen molar-refractivity contribution in [2.75, 3.05) is 44.6 Å². The van der Waals surface area contributed by atoms with Gasteiger partial charge in [-0.15, -0.1) is 12.4 Å². The van der Waals surface area contributed by atoms with E-state index in [1.165, 1.54) is 0 Å². The van der Waals surface area contributed by atoms with Gasteiger partial charge in [0.1, 0.15) is 17.9 Å². The first-order chi connectivity index (χ1) is 15.6. The molecule has 0 saturated carbocycles. The van der Waals surface area contributed by atoms with Gasteiger partial charge in [-0.1, -0.05) is 0 Å². The van der Waals surface area contributed by atoms with E-state index in [1.54, 1.807) is 0 Å². The van der Waals surface area contributed by atoms with E-state index in [4.69, 9.17) is 15.7 Å². The quantitative estimate of drug-likeness (QED) is 0.823. The Hall–Kier alpha value is -2.32. The van der Waals surface area contributed by atoms with E-state index in [9.17, 15) is 14.7 Å². The highest BCUT2D eigenvalue weighted by Crippen LogP contribution is 2.42. The number of aromatic carboxylic acids is 1. The molecular formula is C18H21ClFN3O4. The van der Waals surface area contributed by atoms with Gasteiger partial charge in [-0.05, 0) is 19.9 Å². The number of nitrogens with zero attached hydrogens (tertiary/aromatic N) is 3. The van der Waals surface area contributed by atoms with Crippen LogP contribution >= 0.6 is 12.4 Å². The Bertz CT molecular complexity index is 1240. The molecule has 0 spiro atoms. The van der Waals surface area contributed by atoms with Crippen LogP contribution in [0.4, 0.5) is 10.1 Å². The fourth-order valence-corrected chi connectivity index (χ4v) is 3.20. The predicted molar refractivity (Wildman–Crippen MR) is 102 cm³/mol. The number of rotatable bonds is 2. The van der Waals surface area contributed by atoms with Gasteiger partial charge in [0.2, 0.25) is 5.43 Å². The first-order valence-corrected chi connectivity index (χ1v) is 7.80. The van der Waals surface area contributed by atoms with Crippen molar-refractivity contribution in [3.8, 4) is 5.75 Å². The summed E-state index contributed by atoms with van der Waals surface area (Å²) < 4.78 is 84.7. The van der Waals surface area contributed by atoms with Crippen LogP contribution in [0.3, 0.4) is 0 Å². The lowest BCUT2D eigenvalue weighted by molar-refractivity contribution is 0.0694. The van der Waals surface area contributed by atoms with Gasteiger partial charge in [0, 0.05) is 41.9 Å². The normalized spacial score (nSPS) is 30.3. The van der Waals surface area contributed by atoms with Crippen molar-refractivity contribution in [1.82, 2.24) is 9.47 Å². The molecular weight excluding hydrogens is 377 g/mol. The third-order valence-corrected chi connectivity index (χ3v) is 4.45. The van der Waals surface area contributed by atoms with Gasteiger partial charge in [0.15, 0.2) is 11.6 Å². The zero-order valence-corrected chi connectivity index (χ0v) is 14.6. The number of aromatic nitrogens is 1. The molecule has 2 aromatic rings. The zero-order valence-electron chi connectivity index (χ0n) is 21.8. The second kappa shape index (κ2) is 7.01.